The van der Waals surface area contributed by atoms with Crippen molar-refractivity contribution in [2.24, 2.45) is 0 Å². The van der Waals surface area contributed by atoms with Crippen LogP contribution in [0.5, 0.6) is 0 Å². The van der Waals surface area contributed by atoms with Crippen molar-refractivity contribution in [3.05, 3.63) is 65.0 Å². The maximum absolute atomic E-state index is 13.6. The molecule has 29 heavy (non-hydrogen) atoms. The number of carbonyl (C=O) groups excluding carboxylic acids is 1. The molecule has 2 aromatic heterocycles. The fourth-order valence-electron chi connectivity index (χ4n) is 3.47. The quantitative estimate of drug-likeness (QED) is 0.463. The Bertz CT molecular complexity index is 1220. The number of aromatic nitrogens is 2. The Morgan fingerprint density at radius 1 is 1.21 bits per heavy atom. The van der Waals surface area contributed by atoms with Gasteiger partial charge in [-0.1, -0.05) is 35.4 Å². The average molecular weight is 427 g/mol. The number of benzene rings is 1. The van der Waals surface area contributed by atoms with Crippen molar-refractivity contribution < 1.29 is 13.2 Å². The highest BCUT2D eigenvalue weighted by molar-refractivity contribution is 7.90. The van der Waals surface area contributed by atoms with Gasteiger partial charge >= 0.3 is 0 Å². The van der Waals surface area contributed by atoms with Gasteiger partial charge < -0.3 is 9.61 Å². The van der Waals surface area contributed by atoms with Crippen LogP contribution in [0.2, 0.25) is 5.02 Å². The fourth-order valence-corrected chi connectivity index (χ4v) is 5.15. The summed E-state index contributed by atoms with van der Waals surface area (Å²) in [5.74, 6) is 0. The van der Waals surface area contributed by atoms with Crippen molar-refractivity contribution in [3.8, 4) is 0 Å². The molecule has 3 aromatic rings. The maximum Gasteiger partial charge on any atom is 0.293 e. The standard InChI is InChI=1S/C20H18BClN3O3S/c1-14-2-4-16(5-3-14)29(27,28)25-19(12-17-18(22)6-9-23-20(17)25)15-7-10-24(11-8-15)21-13-26/h2-7,9,12-13H,8,10-11H2,1H3. The Morgan fingerprint density at radius 3 is 2.62 bits per heavy atom. The summed E-state index contributed by atoms with van der Waals surface area (Å²) in [6.45, 7) is 3.06. The lowest BCUT2D eigenvalue weighted by Crippen LogP contribution is -2.33. The number of rotatable bonds is 5. The lowest BCUT2D eigenvalue weighted by molar-refractivity contribution is 0.487. The van der Waals surface area contributed by atoms with Gasteiger partial charge in [-0.25, -0.2) is 17.4 Å². The molecule has 0 saturated heterocycles. The monoisotopic (exact) mass is 426 g/mol. The highest BCUT2D eigenvalue weighted by Gasteiger charge is 2.27. The molecule has 1 aromatic carbocycles. The molecule has 0 fully saturated rings. The number of aryl methyl sites for hydroxylation is 1. The topological polar surface area (TPSA) is 72.3 Å². The third-order valence-electron chi connectivity index (χ3n) is 5.01. The molecule has 0 saturated carbocycles. The Kier molecular flexibility index (Phi) is 5.33. The van der Waals surface area contributed by atoms with Gasteiger partial charge in [0.15, 0.2) is 5.65 Å². The molecule has 0 unspecified atom stereocenters. The van der Waals surface area contributed by atoms with Gasteiger partial charge in [0.25, 0.3) is 17.4 Å². The van der Waals surface area contributed by atoms with Gasteiger partial charge in [0.1, 0.15) is 0 Å². The first-order valence-corrected chi connectivity index (χ1v) is 10.9. The zero-order chi connectivity index (χ0) is 20.6. The largest absolute Gasteiger partial charge is 0.336 e. The van der Waals surface area contributed by atoms with Crippen LogP contribution < -0.4 is 0 Å². The number of carbonyl (C=O) groups is 1. The van der Waals surface area contributed by atoms with Crippen LogP contribution in [-0.4, -0.2) is 48.9 Å². The van der Waals surface area contributed by atoms with Crippen molar-refractivity contribution in [1.29, 1.82) is 0 Å². The highest BCUT2D eigenvalue weighted by Crippen LogP contribution is 2.34. The van der Waals surface area contributed by atoms with Crippen LogP contribution in [0.15, 0.2) is 53.6 Å². The van der Waals surface area contributed by atoms with Crippen LogP contribution >= 0.6 is 11.6 Å². The van der Waals surface area contributed by atoms with E-state index in [9.17, 15) is 13.2 Å². The second kappa shape index (κ2) is 7.78. The molecule has 0 atom stereocenters. The number of hydrogen-bond donors (Lipinski definition) is 0. The Hall–Kier alpha value is -2.42. The molecule has 0 spiro atoms. The molecule has 0 aliphatic carbocycles. The van der Waals surface area contributed by atoms with Crippen molar-refractivity contribution in [3.63, 3.8) is 0 Å². The van der Waals surface area contributed by atoms with Crippen LogP contribution in [0, 0.1) is 6.92 Å². The molecule has 9 heteroatoms. The smallest absolute Gasteiger partial charge is 0.293 e. The van der Waals surface area contributed by atoms with Crippen LogP contribution in [0.25, 0.3) is 16.6 Å². The van der Waals surface area contributed by atoms with E-state index in [0.29, 0.717) is 41.3 Å². The van der Waals surface area contributed by atoms with Crippen molar-refractivity contribution >= 4 is 51.8 Å². The molecule has 0 N–H and O–H groups in total. The molecule has 0 bridgehead atoms. The normalized spacial score (nSPS) is 15.3. The summed E-state index contributed by atoms with van der Waals surface area (Å²) in [4.78, 5) is 17.1. The summed E-state index contributed by atoms with van der Waals surface area (Å²) in [5, 5.41) is 1.03. The van der Waals surface area contributed by atoms with E-state index in [-0.39, 0.29) is 4.90 Å². The van der Waals surface area contributed by atoms with Crippen LogP contribution in [0.4, 0.5) is 0 Å². The number of hydrogen-bond acceptors (Lipinski definition) is 5. The third-order valence-corrected chi connectivity index (χ3v) is 7.06. The van der Waals surface area contributed by atoms with Crippen molar-refractivity contribution in [2.45, 2.75) is 18.2 Å². The minimum Gasteiger partial charge on any atom is -0.336 e. The van der Waals surface area contributed by atoms with E-state index in [0.717, 1.165) is 17.3 Å². The molecule has 1 aliphatic rings. The lowest BCUT2D eigenvalue weighted by atomic mass is 9.91. The van der Waals surface area contributed by atoms with Gasteiger partial charge in [-0.15, -0.1) is 0 Å². The van der Waals surface area contributed by atoms with Crippen LogP contribution in [0.3, 0.4) is 0 Å². The summed E-state index contributed by atoms with van der Waals surface area (Å²) >= 11 is 6.34. The molecule has 3 heterocycles. The van der Waals surface area contributed by atoms with Crippen molar-refractivity contribution in [1.82, 2.24) is 13.8 Å². The van der Waals surface area contributed by atoms with E-state index in [1.165, 1.54) is 17.6 Å². The summed E-state index contributed by atoms with van der Waals surface area (Å²) < 4.78 is 28.4. The fraction of sp³-hybridized carbons (Fsp3) is 0.200. The first-order valence-electron chi connectivity index (χ1n) is 9.12. The zero-order valence-corrected chi connectivity index (χ0v) is 17.3. The van der Waals surface area contributed by atoms with Gasteiger partial charge in [-0.2, -0.15) is 0 Å². The highest BCUT2D eigenvalue weighted by atomic mass is 35.5. The number of fused-ring (bicyclic) bond motifs is 1. The number of pyridine rings is 1. The average Bonchev–Trinajstić information content (AvgIpc) is 3.11. The van der Waals surface area contributed by atoms with E-state index in [1.54, 1.807) is 36.4 Å². The second-order valence-corrected chi connectivity index (χ2v) is 9.10. The van der Waals surface area contributed by atoms with Gasteiger partial charge in [-0.05, 0) is 49.7 Å². The SMILES string of the molecule is Cc1ccc(S(=O)(=O)n2c(C3=CCN([B]C=O)CC3)cc3c(Cl)ccnc32)cc1. The molecule has 147 valence electrons. The van der Waals surface area contributed by atoms with E-state index in [1.807, 2.05) is 17.8 Å². The number of nitrogens with zero attached hydrogens (tertiary/aromatic N) is 3. The first kappa shape index (κ1) is 19.9. The molecule has 4 rings (SSSR count). The molecular formula is C20H18BClN3O3S. The number of halogens is 1. The molecule has 1 aliphatic heterocycles. The Labute approximate surface area is 175 Å². The van der Waals surface area contributed by atoms with E-state index < -0.39 is 10.0 Å². The van der Waals surface area contributed by atoms with Crippen LogP contribution in [0.1, 0.15) is 17.7 Å². The van der Waals surface area contributed by atoms with Gasteiger partial charge in [0.05, 0.1) is 21.8 Å². The van der Waals surface area contributed by atoms with E-state index in [2.05, 4.69) is 4.98 Å². The maximum atomic E-state index is 13.6. The zero-order valence-electron chi connectivity index (χ0n) is 15.7. The minimum atomic E-state index is -3.88. The van der Waals surface area contributed by atoms with Gasteiger partial charge in [0, 0.05) is 18.1 Å². The molecule has 0 amide bonds. The summed E-state index contributed by atoms with van der Waals surface area (Å²) in [6, 6.07) is 10.2. The predicted molar refractivity (Wildman–Crippen MR) is 115 cm³/mol. The van der Waals surface area contributed by atoms with Crippen molar-refractivity contribution in [2.75, 3.05) is 13.1 Å². The van der Waals surface area contributed by atoms with Crippen LogP contribution in [-0.2, 0) is 14.8 Å². The van der Waals surface area contributed by atoms with E-state index >= 15 is 0 Å². The lowest BCUT2D eigenvalue weighted by Gasteiger charge is -2.24. The minimum absolute atomic E-state index is 0.191. The summed E-state index contributed by atoms with van der Waals surface area (Å²) in [7, 11) is -2.39. The Morgan fingerprint density at radius 2 is 1.97 bits per heavy atom. The summed E-state index contributed by atoms with van der Waals surface area (Å²) in [5.41, 5.74) is 2.71. The van der Waals surface area contributed by atoms with Gasteiger partial charge in [0.2, 0.25) is 0 Å². The molecular weight excluding hydrogens is 409 g/mol. The van der Waals surface area contributed by atoms with Gasteiger partial charge in [-0.3, -0.25) is 0 Å². The first-order chi connectivity index (χ1) is 13.9. The summed E-state index contributed by atoms with van der Waals surface area (Å²) in [6.07, 6.45) is 4.79. The third kappa shape index (κ3) is 3.63. The van der Waals surface area contributed by atoms with E-state index in [4.69, 9.17) is 11.6 Å². The predicted octanol–water partition coefficient (Wildman–Crippen LogP) is 3.13. The molecule has 6 nitrogen and oxygen atoms in total. The Balaban J connectivity index is 1.91. The second-order valence-electron chi connectivity index (χ2n) is 6.90. The molecule has 1 radical (unpaired) electrons.